The van der Waals surface area contributed by atoms with Crippen LogP contribution >= 0.6 is 34.5 Å². The summed E-state index contributed by atoms with van der Waals surface area (Å²) in [7, 11) is 1.62. The number of aromatic nitrogens is 2. The van der Waals surface area contributed by atoms with Crippen LogP contribution in [0.25, 0.3) is 10.2 Å². The number of nitrogens with zero attached hydrogens (tertiary/aromatic N) is 2. The highest BCUT2D eigenvalue weighted by Crippen LogP contribution is 2.25. The van der Waals surface area contributed by atoms with Crippen molar-refractivity contribution in [1.82, 2.24) is 9.55 Å². The smallest absolute Gasteiger partial charge is 0.262 e. The Morgan fingerprint density at radius 1 is 1.28 bits per heavy atom. The highest BCUT2D eigenvalue weighted by Gasteiger charge is 2.15. The van der Waals surface area contributed by atoms with E-state index in [0.29, 0.717) is 40.8 Å². The van der Waals surface area contributed by atoms with Crippen molar-refractivity contribution in [3.05, 3.63) is 60.9 Å². The summed E-state index contributed by atoms with van der Waals surface area (Å²) >= 11 is 13.8. The van der Waals surface area contributed by atoms with Crippen LogP contribution in [0.4, 0.5) is 0 Å². The van der Waals surface area contributed by atoms with Crippen LogP contribution in [0.2, 0.25) is 10.0 Å². The van der Waals surface area contributed by atoms with E-state index in [0.717, 1.165) is 21.7 Å². The lowest BCUT2D eigenvalue weighted by Gasteiger charge is -2.13. The maximum atomic E-state index is 12.9. The van der Waals surface area contributed by atoms with Gasteiger partial charge in [0, 0.05) is 28.5 Å². The van der Waals surface area contributed by atoms with Gasteiger partial charge in [-0.05, 0) is 30.2 Å². The number of benzene rings is 1. The van der Waals surface area contributed by atoms with Gasteiger partial charge in [-0.25, -0.2) is 4.98 Å². The van der Waals surface area contributed by atoms with Crippen molar-refractivity contribution >= 4 is 44.8 Å². The average Bonchev–Trinajstić information content (AvgIpc) is 3.00. The molecule has 0 atom stereocenters. The molecule has 0 N–H and O–H groups in total. The Kier molecular flexibility index (Phi) is 5.79. The van der Waals surface area contributed by atoms with Gasteiger partial charge in [0.15, 0.2) is 0 Å². The van der Waals surface area contributed by atoms with Crippen LogP contribution in [0, 0.1) is 0 Å². The maximum absolute atomic E-state index is 12.9. The van der Waals surface area contributed by atoms with E-state index >= 15 is 0 Å². The molecule has 4 nitrogen and oxygen atoms in total. The molecule has 0 spiro atoms. The van der Waals surface area contributed by atoms with Crippen LogP contribution in [-0.4, -0.2) is 23.3 Å². The first-order valence-electron chi connectivity index (χ1n) is 7.98. The van der Waals surface area contributed by atoms with Gasteiger partial charge in [-0.2, -0.15) is 0 Å². The molecule has 3 aromatic rings. The summed E-state index contributed by atoms with van der Waals surface area (Å²) in [5.41, 5.74) is 0.855. The fraction of sp³-hybridized carbons (Fsp3) is 0.333. The van der Waals surface area contributed by atoms with Gasteiger partial charge < -0.3 is 4.74 Å². The van der Waals surface area contributed by atoms with Crippen molar-refractivity contribution in [2.45, 2.75) is 26.3 Å². The normalized spacial score (nSPS) is 11.4. The van der Waals surface area contributed by atoms with Crippen molar-refractivity contribution in [3.8, 4) is 0 Å². The Labute approximate surface area is 160 Å². The lowest BCUT2D eigenvalue weighted by molar-refractivity contribution is 0.185. The molecule has 0 amide bonds. The number of aryl methyl sites for hydroxylation is 1. The van der Waals surface area contributed by atoms with Gasteiger partial charge in [0.2, 0.25) is 0 Å². The number of hydrogen-bond donors (Lipinski definition) is 0. The fourth-order valence-corrected chi connectivity index (χ4v) is 4.12. The molecule has 0 fully saturated rings. The molecule has 132 valence electrons. The molecule has 0 unspecified atom stereocenters. The summed E-state index contributed by atoms with van der Waals surface area (Å²) < 4.78 is 6.84. The molecular formula is C18H18Cl2N2O2S. The van der Waals surface area contributed by atoms with Crippen molar-refractivity contribution in [1.29, 1.82) is 0 Å². The van der Waals surface area contributed by atoms with E-state index < -0.39 is 0 Å². The van der Waals surface area contributed by atoms with Gasteiger partial charge in [-0.15, -0.1) is 11.3 Å². The highest BCUT2D eigenvalue weighted by molar-refractivity contribution is 7.18. The van der Waals surface area contributed by atoms with Gasteiger partial charge in [-0.1, -0.05) is 36.2 Å². The number of methoxy groups -OCH3 is 1. The van der Waals surface area contributed by atoms with Gasteiger partial charge in [0.1, 0.15) is 10.7 Å². The first-order chi connectivity index (χ1) is 12.0. The van der Waals surface area contributed by atoms with E-state index in [4.69, 9.17) is 32.9 Å². The van der Waals surface area contributed by atoms with E-state index in [1.807, 2.05) is 12.1 Å². The van der Waals surface area contributed by atoms with Crippen LogP contribution < -0.4 is 5.56 Å². The molecule has 2 aromatic heterocycles. The third-order valence-electron chi connectivity index (χ3n) is 4.01. The Morgan fingerprint density at radius 3 is 2.76 bits per heavy atom. The minimum atomic E-state index is -0.0296. The number of ether oxygens (including phenoxy) is 1. The number of thiophene rings is 1. The molecule has 25 heavy (non-hydrogen) atoms. The van der Waals surface area contributed by atoms with Crippen LogP contribution in [0.3, 0.4) is 0 Å². The summed E-state index contributed by atoms with van der Waals surface area (Å²) in [5.74, 6) is 0.684. The lowest BCUT2D eigenvalue weighted by atomic mass is 10.1. The maximum Gasteiger partial charge on any atom is 0.262 e. The molecule has 0 radical (unpaired) electrons. The second-order valence-electron chi connectivity index (χ2n) is 5.68. The van der Waals surface area contributed by atoms with E-state index in [2.05, 4.69) is 6.92 Å². The first-order valence-corrected chi connectivity index (χ1v) is 9.55. The molecule has 0 saturated heterocycles. The highest BCUT2D eigenvalue weighted by atomic mass is 35.5. The molecule has 1 aromatic carbocycles. The minimum Gasteiger partial charge on any atom is -0.383 e. The molecule has 0 saturated carbocycles. The van der Waals surface area contributed by atoms with Crippen LogP contribution in [0.15, 0.2) is 29.1 Å². The molecule has 3 rings (SSSR count). The molecule has 2 heterocycles. The Hall–Kier alpha value is -1.40. The van der Waals surface area contributed by atoms with Gasteiger partial charge in [0.05, 0.1) is 18.5 Å². The van der Waals surface area contributed by atoms with Gasteiger partial charge in [0.25, 0.3) is 5.56 Å². The molecule has 0 aliphatic heterocycles. The topological polar surface area (TPSA) is 44.1 Å². The monoisotopic (exact) mass is 396 g/mol. The van der Waals surface area contributed by atoms with E-state index in [-0.39, 0.29) is 5.56 Å². The van der Waals surface area contributed by atoms with Crippen molar-refractivity contribution in [2.24, 2.45) is 0 Å². The summed E-state index contributed by atoms with van der Waals surface area (Å²) in [6.45, 7) is 2.97. The summed E-state index contributed by atoms with van der Waals surface area (Å²) in [5, 5.41) is 1.82. The van der Waals surface area contributed by atoms with Gasteiger partial charge >= 0.3 is 0 Å². The average molecular weight is 397 g/mol. The largest absolute Gasteiger partial charge is 0.383 e. The van der Waals surface area contributed by atoms with Crippen LogP contribution in [0.5, 0.6) is 0 Å². The molecule has 0 bridgehead atoms. The first kappa shape index (κ1) is 18.4. The standard InChI is InChI=1S/C18H18Cl2N2O2S/c1-3-13-10-14-17(25-13)21-16(22(18(14)23)6-7-24-2)8-11-4-5-12(19)9-15(11)20/h4-5,9-10H,3,6-8H2,1-2H3. The number of rotatable bonds is 6. The quantitative estimate of drug-likeness (QED) is 0.612. The number of fused-ring (bicyclic) bond motifs is 1. The zero-order chi connectivity index (χ0) is 18.0. The van der Waals surface area contributed by atoms with Crippen molar-refractivity contribution in [3.63, 3.8) is 0 Å². The zero-order valence-corrected chi connectivity index (χ0v) is 16.3. The van der Waals surface area contributed by atoms with E-state index in [1.54, 1.807) is 35.1 Å². The molecule has 0 aliphatic carbocycles. The molecule has 0 aliphatic rings. The fourth-order valence-electron chi connectivity index (χ4n) is 2.67. The lowest BCUT2D eigenvalue weighted by Crippen LogP contribution is -2.27. The summed E-state index contributed by atoms with van der Waals surface area (Å²) in [4.78, 5) is 19.6. The van der Waals surface area contributed by atoms with Gasteiger partial charge in [-0.3, -0.25) is 9.36 Å². The Bertz CT molecular complexity index is 966. The van der Waals surface area contributed by atoms with E-state index in [1.165, 1.54) is 0 Å². The minimum absolute atomic E-state index is 0.0296. The molecular weight excluding hydrogens is 379 g/mol. The second-order valence-corrected chi connectivity index (χ2v) is 7.63. The van der Waals surface area contributed by atoms with Crippen LogP contribution in [-0.2, 0) is 24.1 Å². The van der Waals surface area contributed by atoms with E-state index in [9.17, 15) is 4.79 Å². The van der Waals surface area contributed by atoms with Crippen molar-refractivity contribution in [2.75, 3.05) is 13.7 Å². The summed E-state index contributed by atoms with van der Waals surface area (Å²) in [6, 6.07) is 7.30. The second kappa shape index (κ2) is 7.87. The predicted molar refractivity (Wildman–Crippen MR) is 104 cm³/mol. The third-order valence-corrected chi connectivity index (χ3v) is 5.77. The molecule has 7 heteroatoms. The van der Waals surface area contributed by atoms with Crippen molar-refractivity contribution < 1.29 is 4.74 Å². The Morgan fingerprint density at radius 2 is 2.08 bits per heavy atom. The zero-order valence-electron chi connectivity index (χ0n) is 14.0. The third kappa shape index (κ3) is 3.90. The SMILES string of the molecule is CCc1cc2c(=O)n(CCOC)c(Cc3ccc(Cl)cc3Cl)nc2s1. The summed E-state index contributed by atoms with van der Waals surface area (Å²) in [6.07, 6.45) is 1.35. The number of halogens is 2. The Balaban J connectivity index is 2.12. The number of hydrogen-bond acceptors (Lipinski definition) is 4. The van der Waals surface area contributed by atoms with Crippen LogP contribution in [0.1, 0.15) is 23.2 Å². The predicted octanol–water partition coefficient (Wildman–Crippen LogP) is 4.56.